The second kappa shape index (κ2) is 11.3. The van der Waals surface area contributed by atoms with Crippen molar-refractivity contribution in [2.45, 2.75) is 53.0 Å². The van der Waals surface area contributed by atoms with Gasteiger partial charge in [0.05, 0.1) is 6.61 Å². The number of nitrogens with one attached hydrogen (secondary N) is 2. The monoisotopic (exact) mass is 257 g/mol. The molecule has 2 N–H and O–H groups in total. The van der Waals surface area contributed by atoms with Gasteiger partial charge in [-0.3, -0.25) is 4.99 Å². The molecular weight excluding hydrogens is 226 g/mol. The minimum absolute atomic E-state index is 0.281. The summed E-state index contributed by atoms with van der Waals surface area (Å²) in [6, 6.07) is 0.281. The molecule has 0 bridgehead atoms. The molecule has 4 heteroatoms. The van der Waals surface area contributed by atoms with Gasteiger partial charge >= 0.3 is 0 Å². The van der Waals surface area contributed by atoms with E-state index in [-0.39, 0.29) is 6.04 Å². The van der Waals surface area contributed by atoms with E-state index >= 15 is 0 Å². The van der Waals surface area contributed by atoms with Gasteiger partial charge in [0.15, 0.2) is 5.96 Å². The third kappa shape index (κ3) is 10.4. The first-order valence-corrected chi connectivity index (χ1v) is 7.13. The van der Waals surface area contributed by atoms with E-state index in [2.05, 4.69) is 43.3 Å². The van der Waals surface area contributed by atoms with Crippen LogP contribution in [0.25, 0.3) is 0 Å². The quantitative estimate of drug-likeness (QED) is 0.379. The predicted molar refractivity (Wildman–Crippen MR) is 79.1 cm³/mol. The number of methoxy groups -OCH3 is 1. The lowest BCUT2D eigenvalue weighted by Gasteiger charge is -2.17. The Morgan fingerprint density at radius 2 is 1.94 bits per heavy atom. The molecule has 0 fully saturated rings. The van der Waals surface area contributed by atoms with Gasteiger partial charge in [0.25, 0.3) is 0 Å². The fourth-order valence-corrected chi connectivity index (χ4v) is 1.70. The summed E-state index contributed by atoms with van der Waals surface area (Å²) in [5.41, 5.74) is 0. The van der Waals surface area contributed by atoms with Crippen LogP contribution in [-0.4, -0.2) is 38.8 Å². The Morgan fingerprint density at radius 1 is 1.22 bits per heavy atom. The molecule has 0 aliphatic heterocycles. The van der Waals surface area contributed by atoms with Gasteiger partial charge in [0.1, 0.15) is 0 Å². The molecule has 4 nitrogen and oxygen atoms in total. The third-order valence-electron chi connectivity index (χ3n) is 2.60. The fourth-order valence-electron chi connectivity index (χ4n) is 1.70. The average Bonchev–Trinajstić information content (AvgIpc) is 2.28. The summed E-state index contributed by atoms with van der Waals surface area (Å²) in [6.45, 7) is 11.2. The van der Waals surface area contributed by atoms with Gasteiger partial charge in [0.2, 0.25) is 0 Å². The van der Waals surface area contributed by atoms with E-state index in [4.69, 9.17) is 4.74 Å². The Morgan fingerprint density at radius 3 is 2.50 bits per heavy atom. The molecule has 0 aliphatic rings. The lowest BCUT2D eigenvalue weighted by atomic mass is 10.1. The maximum atomic E-state index is 5.11. The molecule has 1 unspecified atom stereocenters. The van der Waals surface area contributed by atoms with Crippen LogP contribution < -0.4 is 10.6 Å². The van der Waals surface area contributed by atoms with Gasteiger partial charge in [-0.1, -0.05) is 26.7 Å². The van der Waals surface area contributed by atoms with E-state index in [1.165, 1.54) is 12.8 Å². The number of hydrogen-bond donors (Lipinski definition) is 2. The summed E-state index contributed by atoms with van der Waals surface area (Å²) in [4.78, 5) is 4.57. The molecule has 0 aromatic rings. The molecule has 0 aliphatic carbocycles. The van der Waals surface area contributed by atoms with E-state index in [9.17, 15) is 0 Å². The van der Waals surface area contributed by atoms with Crippen LogP contribution >= 0.6 is 0 Å². The second-order valence-electron chi connectivity index (χ2n) is 5.15. The largest absolute Gasteiger partial charge is 0.383 e. The Labute approximate surface area is 113 Å². The zero-order chi connectivity index (χ0) is 13.8. The number of hydrogen-bond acceptors (Lipinski definition) is 2. The van der Waals surface area contributed by atoms with E-state index in [1.54, 1.807) is 7.11 Å². The van der Waals surface area contributed by atoms with Crippen LogP contribution in [0, 0.1) is 5.92 Å². The van der Waals surface area contributed by atoms with Crippen LogP contribution in [0.4, 0.5) is 0 Å². The highest BCUT2D eigenvalue weighted by molar-refractivity contribution is 5.80. The van der Waals surface area contributed by atoms with Crippen molar-refractivity contribution in [3.8, 4) is 0 Å². The SMILES string of the molecule is CCNC(=NCCCCC(C)C)NC(C)COC. The van der Waals surface area contributed by atoms with Crippen molar-refractivity contribution < 1.29 is 4.74 Å². The number of aliphatic imine (C=N–C) groups is 1. The summed E-state index contributed by atoms with van der Waals surface area (Å²) >= 11 is 0. The molecule has 1 atom stereocenters. The molecule has 0 rings (SSSR count). The minimum Gasteiger partial charge on any atom is -0.383 e. The maximum absolute atomic E-state index is 5.11. The smallest absolute Gasteiger partial charge is 0.191 e. The first-order chi connectivity index (χ1) is 8.60. The number of ether oxygens (including phenoxy) is 1. The molecule has 0 radical (unpaired) electrons. The maximum Gasteiger partial charge on any atom is 0.191 e. The lowest BCUT2D eigenvalue weighted by molar-refractivity contribution is 0.179. The summed E-state index contributed by atoms with van der Waals surface area (Å²) in [6.07, 6.45) is 3.71. The third-order valence-corrected chi connectivity index (χ3v) is 2.60. The minimum atomic E-state index is 0.281. The summed E-state index contributed by atoms with van der Waals surface area (Å²) < 4.78 is 5.11. The average molecular weight is 257 g/mol. The van der Waals surface area contributed by atoms with Crippen LogP contribution in [0.3, 0.4) is 0 Å². The van der Waals surface area contributed by atoms with Gasteiger partial charge < -0.3 is 15.4 Å². The molecule has 0 aromatic heterocycles. The van der Waals surface area contributed by atoms with Crippen molar-refractivity contribution in [2.75, 3.05) is 26.8 Å². The van der Waals surface area contributed by atoms with Crippen LogP contribution in [0.15, 0.2) is 4.99 Å². The van der Waals surface area contributed by atoms with Crippen molar-refractivity contribution in [3.05, 3.63) is 0 Å². The Balaban J connectivity index is 3.91. The predicted octanol–water partition coefficient (Wildman–Crippen LogP) is 2.40. The standard InChI is InChI=1S/C14H31N3O/c1-6-15-14(17-13(4)11-18-5)16-10-8-7-9-12(2)3/h12-13H,6-11H2,1-5H3,(H2,15,16,17). The summed E-state index contributed by atoms with van der Waals surface area (Å²) in [7, 11) is 1.72. The fraction of sp³-hybridized carbons (Fsp3) is 0.929. The van der Waals surface area contributed by atoms with Gasteiger partial charge in [0, 0.05) is 26.2 Å². The van der Waals surface area contributed by atoms with Crippen molar-refractivity contribution in [3.63, 3.8) is 0 Å². The van der Waals surface area contributed by atoms with Crippen molar-refractivity contribution in [2.24, 2.45) is 10.9 Å². The first kappa shape index (κ1) is 17.2. The van der Waals surface area contributed by atoms with E-state index < -0.39 is 0 Å². The van der Waals surface area contributed by atoms with E-state index in [1.807, 2.05) is 0 Å². The summed E-state index contributed by atoms with van der Waals surface area (Å²) in [5.74, 6) is 1.69. The van der Waals surface area contributed by atoms with Crippen molar-refractivity contribution in [1.29, 1.82) is 0 Å². The van der Waals surface area contributed by atoms with Gasteiger partial charge in [-0.05, 0) is 26.2 Å². The van der Waals surface area contributed by atoms with Crippen LogP contribution in [0.2, 0.25) is 0 Å². The van der Waals surface area contributed by atoms with Crippen molar-refractivity contribution in [1.82, 2.24) is 10.6 Å². The highest BCUT2D eigenvalue weighted by Crippen LogP contribution is 2.05. The molecule has 108 valence electrons. The number of rotatable bonds is 9. The van der Waals surface area contributed by atoms with Crippen LogP contribution in [0.1, 0.15) is 47.0 Å². The van der Waals surface area contributed by atoms with Crippen LogP contribution in [-0.2, 0) is 4.74 Å². The highest BCUT2D eigenvalue weighted by atomic mass is 16.5. The van der Waals surface area contributed by atoms with Gasteiger partial charge in [-0.2, -0.15) is 0 Å². The molecule has 0 saturated heterocycles. The molecule has 18 heavy (non-hydrogen) atoms. The molecular formula is C14H31N3O. The molecule has 0 amide bonds. The Hall–Kier alpha value is -0.770. The van der Waals surface area contributed by atoms with Crippen molar-refractivity contribution >= 4 is 5.96 Å². The molecule has 0 heterocycles. The zero-order valence-corrected chi connectivity index (χ0v) is 12.8. The van der Waals surface area contributed by atoms with Gasteiger partial charge in [-0.25, -0.2) is 0 Å². The normalized spacial score (nSPS) is 13.8. The molecule has 0 saturated carbocycles. The summed E-state index contributed by atoms with van der Waals surface area (Å²) in [5, 5.41) is 6.59. The second-order valence-corrected chi connectivity index (χ2v) is 5.15. The number of nitrogens with zero attached hydrogens (tertiary/aromatic N) is 1. The highest BCUT2D eigenvalue weighted by Gasteiger charge is 2.03. The number of guanidine groups is 1. The lowest BCUT2D eigenvalue weighted by Crippen LogP contribution is -2.44. The topological polar surface area (TPSA) is 45.7 Å². The Kier molecular flexibility index (Phi) is 10.8. The van der Waals surface area contributed by atoms with E-state index in [0.29, 0.717) is 6.61 Å². The molecule has 0 spiro atoms. The first-order valence-electron chi connectivity index (χ1n) is 7.13. The molecule has 0 aromatic carbocycles. The van der Waals surface area contributed by atoms with Crippen LogP contribution in [0.5, 0.6) is 0 Å². The van der Waals surface area contributed by atoms with E-state index in [0.717, 1.165) is 31.4 Å². The zero-order valence-electron chi connectivity index (χ0n) is 12.8. The van der Waals surface area contributed by atoms with Gasteiger partial charge in [-0.15, -0.1) is 0 Å². The Bertz CT molecular complexity index is 217. The number of unbranched alkanes of at least 4 members (excludes halogenated alkanes) is 1.